The Labute approximate surface area is 159 Å². The minimum Gasteiger partial charge on any atom is -0.326 e. The summed E-state index contributed by atoms with van der Waals surface area (Å²) in [5, 5.41) is 2.91. The van der Waals surface area contributed by atoms with E-state index < -0.39 is 0 Å². The van der Waals surface area contributed by atoms with Crippen molar-refractivity contribution in [3.63, 3.8) is 0 Å². The Bertz CT molecular complexity index is 966. The standard InChI is InChI=1S/C22H22N4O/c1-15(2)16-7-9-18(10-8-16)25-22(27)19-13-21(24-14-23-19)26-12-11-17-5-3-4-6-20(17)26/h3-10,13-15H,11-12H2,1-2H3,(H,25,27). The van der Waals surface area contributed by atoms with Gasteiger partial charge in [0, 0.05) is 24.0 Å². The van der Waals surface area contributed by atoms with Gasteiger partial charge < -0.3 is 10.2 Å². The summed E-state index contributed by atoms with van der Waals surface area (Å²) in [4.78, 5) is 23.3. The van der Waals surface area contributed by atoms with Gasteiger partial charge in [0.2, 0.25) is 0 Å². The lowest BCUT2D eigenvalue weighted by Gasteiger charge is -2.18. The number of nitrogens with one attached hydrogen (secondary N) is 1. The van der Waals surface area contributed by atoms with Crippen molar-refractivity contribution in [1.82, 2.24) is 9.97 Å². The van der Waals surface area contributed by atoms with Crippen LogP contribution >= 0.6 is 0 Å². The predicted octanol–water partition coefficient (Wildman–Crippen LogP) is 4.55. The molecule has 0 aliphatic carbocycles. The summed E-state index contributed by atoms with van der Waals surface area (Å²) in [5.74, 6) is 0.973. The molecule has 136 valence electrons. The van der Waals surface area contributed by atoms with E-state index in [9.17, 15) is 4.79 Å². The molecule has 0 bridgehead atoms. The second kappa shape index (κ2) is 7.19. The molecule has 1 amide bonds. The molecule has 0 saturated carbocycles. The number of rotatable bonds is 4. The third-order valence-electron chi connectivity index (χ3n) is 4.88. The Hall–Kier alpha value is -3.21. The number of para-hydroxylation sites is 1. The summed E-state index contributed by atoms with van der Waals surface area (Å²) in [5.41, 5.74) is 4.80. The van der Waals surface area contributed by atoms with Crippen molar-refractivity contribution >= 4 is 23.1 Å². The fourth-order valence-electron chi connectivity index (χ4n) is 3.34. The SMILES string of the molecule is CC(C)c1ccc(NC(=O)c2cc(N3CCc4ccccc43)ncn2)cc1. The number of carbonyl (C=O) groups excluding carboxylic acids is 1. The highest BCUT2D eigenvalue weighted by molar-refractivity contribution is 6.03. The summed E-state index contributed by atoms with van der Waals surface area (Å²) in [6, 6.07) is 17.9. The van der Waals surface area contributed by atoms with Crippen LogP contribution in [0, 0.1) is 0 Å². The molecule has 0 spiro atoms. The van der Waals surface area contributed by atoms with Gasteiger partial charge in [0.25, 0.3) is 5.91 Å². The maximum absolute atomic E-state index is 12.6. The van der Waals surface area contributed by atoms with Crippen LogP contribution in [0.3, 0.4) is 0 Å². The molecule has 2 heterocycles. The molecular formula is C22H22N4O. The van der Waals surface area contributed by atoms with E-state index in [-0.39, 0.29) is 5.91 Å². The molecule has 1 aromatic heterocycles. The van der Waals surface area contributed by atoms with Crippen LogP contribution in [0.5, 0.6) is 0 Å². The van der Waals surface area contributed by atoms with Crippen LogP contribution in [-0.4, -0.2) is 22.4 Å². The van der Waals surface area contributed by atoms with Crippen LogP contribution < -0.4 is 10.2 Å². The highest BCUT2D eigenvalue weighted by Gasteiger charge is 2.22. The summed E-state index contributed by atoms with van der Waals surface area (Å²) in [6.45, 7) is 5.15. The fourth-order valence-corrected chi connectivity index (χ4v) is 3.34. The van der Waals surface area contributed by atoms with Crippen LogP contribution in [0.15, 0.2) is 60.9 Å². The number of nitrogens with zero attached hydrogens (tertiary/aromatic N) is 3. The van der Waals surface area contributed by atoms with Gasteiger partial charge in [-0.2, -0.15) is 0 Å². The average Bonchev–Trinajstić information content (AvgIpc) is 3.12. The molecule has 1 N–H and O–H groups in total. The van der Waals surface area contributed by atoms with Crippen LogP contribution in [0.2, 0.25) is 0 Å². The van der Waals surface area contributed by atoms with Gasteiger partial charge >= 0.3 is 0 Å². The van der Waals surface area contributed by atoms with Crippen molar-refractivity contribution in [1.29, 1.82) is 0 Å². The lowest BCUT2D eigenvalue weighted by molar-refractivity contribution is 0.102. The van der Waals surface area contributed by atoms with Crippen LogP contribution in [0.25, 0.3) is 0 Å². The summed E-state index contributed by atoms with van der Waals surface area (Å²) in [7, 11) is 0. The second-order valence-corrected chi connectivity index (χ2v) is 7.02. The van der Waals surface area contributed by atoms with Crippen LogP contribution in [-0.2, 0) is 6.42 Å². The van der Waals surface area contributed by atoms with Crippen molar-refractivity contribution in [3.05, 3.63) is 77.7 Å². The Morgan fingerprint density at radius 1 is 1.07 bits per heavy atom. The molecule has 0 atom stereocenters. The zero-order chi connectivity index (χ0) is 18.8. The molecule has 4 rings (SSSR count). The van der Waals surface area contributed by atoms with Gasteiger partial charge in [-0.05, 0) is 41.7 Å². The average molecular weight is 358 g/mol. The van der Waals surface area contributed by atoms with Gasteiger partial charge in [-0.25, -0.2) is 9.97 Å². The van der Waals surface area contributed by atoms with Gasteiger partial charge in [-0.15, -0.1) is 0 Å². The molecule has 0 fully saturated rings. The summed E-state index contributed by atoms with van der Waals surface area (Å²) < 4.78 is 0. The van der Waals surface area contributed by atoms with Gasteiger partial charge in [0.1, 0.15) is 17.8 Å². The number of hydrogen-bond donors (Lipinski definition) is 1. The van der Waals surface area contributed by atoms with E-state index in [1.165, 1.54) is 17.5 Å². The summed E-state index contributed by atoms with van der Waals surface area (Å²) in [6.07, 6.45) is 2.43. The van der Waals surface area contributed by atoms with Gasteiger partial charge in [-0.1, -0.05) is 44.2 Å². The monoisotopic (exact) mass is 358 g/mol. The van der Waals surface area contributed by atoms with E-state index >= 15 is 0 Å². The van der Waals surface area contributed by atoms with Crippen LogP contribution in [0.1, 0.15) is 41.4 Å². The molecule has 5 nitrogen and oxygen atoms in total. The maximum Gasteiger partial charge on any atom is 0.274 e. The van der Waals surface area contributed by atoms with E-state index in [1.54, 1.807) is 6.07 Å². The quantitative estimate of drug-likeness (QED) is 0.743. The van der Waals surface area contributed by atoms with E-state index in [0.717, 1.165) is 30.2 Å². The van der Waals surface area contributed by atoms with Crippen molar-refractivity contribution in [2.24, 2.45) is 0 Å². The third-order valence-corrected chi connectivity index (χ3v) is 4.88. The first-order valence-electron chi connectivity index (χ1n) is 9.20. The van der Waals surface area contributed by atoms with Gasteiger partial charge in [-0.3, -0.25) is 4.79 Å². The maximum atomic E-state index is 12.6. The zero-order valence-corrected chi connectivity index (χ0v) is 15.5. The smallest absolute Gasteiger partial charge is 0.274 e. The molecular weight excluding hydrogens is 336 g/mol. The molecule has 27 heavy (non-hydrogen) atoms. The van der Waals surface area contributed by atoms with Crippen molar-refractivity contribution in [3.8, 4) is 0 Å². The van der Waals surface area contributed by atoms with Gasteiger partial charge in [0.05, 0.1) is 0 Å². The lowest BCUT2D eigenvalue weighted by Crippen LogP contribution is -2.18. The Morgan fingerprint density at radius 3 is 2.63 bits per heavy atom. The third kappa shape index (κ3) is 3.53. The molecule has 1 aliphatic heterocycles. The van der Waals surface area contributed by atoms with E-state index in [4.69, 9.17) is 0 Å². The highest BCUT2D eigenvalue weighted by Crippen LogP contribution is 2.33. The van der Waals surface area contributed by atoms with Crippen LogP contribution in [0.4, 0.5) is 17.2 Å². The number of benzene rings is 2. The molecule has 5 heteroatoms. The summed E-state index contributed by atoms with van der Waals surface area (Å²) >= 11 is 0. The lowest BCUT2D eigenvalue weighted by atomic mass is 10.0. The highest BCUT2D eigenvalue weighted by atomic mass is 16.1. The van der Waals surface area contributed by atoms with Crippen molar-refractivity contribution in [2.45, 2.75) is 26.2 Å². The second-order valence-electron chi connectivity index (χ2n) is 7.02. The van der Waals surface area contributed by atoms with Gasteiger partial charge in [0.15, 0.2) is 0 Å². The largest absolute Gasteiger partial charge is 0.326 e. The predicted molar refractivity (Wildman–Crippen MR) is 108 cm³/mol. The zero-order valence-electron chi connectivity index (χ0n) is 15.5. The molecule has 0 radical (unpaired) electrons. The minimum absolute atomic E-state index is 0.233. The van der Waals surface area contributed by atoms with E-state index in [2.05, 4.69) is 46.2 Å². The Kier molecular flexibility index (Phi) is 4.59. The molecule has 2 aromatic carbocycles. The minimum atomic E-state index is -0.233. The number of hydrogen-bond acceptors (Lipinski definition) is 4. The Balaban J connectivity index is 1.53. The normalized spacial score (nSPS) is 12.9. The fraction of sp³-hybridized carbons (Fsp3) is 0.227. The first-order valence-corrected chi connectivity index (χ1v) is 9.20. The number of fused-ring (bicyclic) bond motifs is 1. The van der Waals surface area contributed by atoms with Crippen molar-refractivity contribution < 1.29 is 4.79 Å². The molecule has 3 aromatic rings. The number of carbonyl (C=O) groups is 1. The number of amides is 1. The topological polar surface area (TPSA) is 58.1 Å². The Morgan fingerprint density at radius 2 is 1.85 bits per heavy atom. The molecule has 0 unspecified atom stereocenters. The molecule has 1 aliphatic rings. The first kappa shape index (κ1) is 17.2. The van der Waals surface area contributed by atoms with Crippen molar-refractivity contribution in [2.75, 3.05) is 16.8 Å². The number of aromatic nitrogens is 2. The van der Waals surface area contributed by atoms with E-state index in [0.29, 0.717) is 11.6 Å². The molecule has 0 saturated heterocycles. The van der Waals surface area contributed by atoms with E-state index in [1.807, 2.05) is 36.4 Å². The number of anilines is 3. The first-order chi connectivity index (χ1) is 13.1.